The minimum Gasteiger partial charge on any atom is -0.481 e. The number of aromatic nitrogens is 4. The van der Waals surface area contributed by atoms with Gasteiger partial charge in [0.2, 0.25) is 5.88 Å². The van der Waals surface area contributed by atoms with E-state index in [-0.39, 0.29) is 6.01 Å². The number of ether oxygens (including phenoxy) is 2. The molecule has 1 aliphatic carbocycles. The van der Waals surface area contributed by atoms with Gasteiger partial charge in [-0.05, 0) is 19.8 Å². The van der Waals surface area contributed by atoms with Crippen molar-refractivity contribution in [2.24, 2.45) is 0 Å². The highest BCUT2D eigenvalue weighted by Gasteiger charge is 2.27. The molecule has 0 amide bonds. The molecule has 2 heterocycles. The number of hydrogen-bond donors (Lipinski definition) is 1. The van der Waals surface area contributed by atoms with Crippen molar-refractivity contribution in [2.45, 2.75) is 38.8 Å². The van der Waals surface area contributed by atoms with Crippen LogP contribution < -0.4 is 14.8 Å². The molecular formula is C15H20ClN5O2. The fraction of sp³-hybridized carbons (Fsp3) is 0.533. The number of rotatable bonds is 7. The van der Waals surface area contributed by atoms with Crippen molar-refractivity contribution in [3.63, 3.8) is 0 Å². The molecule has 8 heteroatoms. The molecule has 23 heavy (non-hydrogen) atoms. The summed E-state index contributed by atoms with van der Waals surface area (Å²) in [6.07, 6.45) is 2.46. The molecule has 2 aromatic rings. The number of hydrogen-bond acceptors (Lipinski definition) is 6. The molecule has 3 rings (SSSR count). The van der Waals surface area contributed by atoms with Crippen molar-refractivity contribution in [3.05, 3.63) is 22.5 Å². The summed E-state index contributed by atoms with van der Waals surface area (Å²) < 4.78 is 12.3. The highest BCUT2D eigenvalue weighted by atomic mass is 35.5. The third kappa shape index (κ3) is 3.34. The molecule has 1 aliphatic rings. The highest BCUT2D eigenvalue weighted by Crippen LogP contribution is 2.40. The van der Waals surface area contributed by atoms with Crippen LogP contribution in [0.3, 0.4) is 0 Å². The van der Waals surface area contributed by atoms with Gasteiger partial charge in [-0.25, -0.2) is 4.68 Å². The highest BCUT2D eigenvalue weighted by molar-refractivity contribution is 6.30. The predicted octanol–water partition coefficient (Wildman–Crippen LogP) is 2.85. The van der Waals surface area contributed by atoms with E-state index in [1.54, 1.807) is 7.11 Å². The number of methoxy groups -OCH3 is 2. The van der Waals surface area contributed by atoms with Crippen molar-refractivity contribution >= 4 is 17.4 Å². The molecule has 0 radical (unpaired) electrons. The fourth-order valence-corrected chi connectivity index (χ4v) is 2.63. The summed E-state index contributed by atoms with van der Waals surface area (Å²) in [7, 11) is 3.03. The van der Waals surface area contributed by atoms with E-state index >= 15 is 0 Å². The Balaban J connectivity index is 1.80. The smallest absolute Gasteiger partial charge is 0.320 e. The molecule has 0 aliphatic heterocycles. The van der Waals surface area contributed by atoms with Gasteiger partial charge in [0.05, 0.1) is 25.5 Å². The van der Waals surface area contributed by atoms with Crippen LogP contribution in [0, 0.1) is 0 Å². The standard InChI is InChI=1S/C15H20ClN5O2/c1-4-21-12(7-11(20-21)9-5-6-9)17-8-10-13(16)18-15(23-3)19-14(10)22-2/h7,9,17H,4-6,8H2,1-3H3. The van der Waals surface area contributed by atoms with Crippen LogP contribution in [-0.2, 0) is 13.1 Å². The lowest BCUT2D eigenvalue weighted by atomic mass is 10.3. The predicted molar refractivity (Wildman–Crippen MR) is 87.3 cm³/mol. The van der Waals surface area contributed by atoms with Gasteiger partial charge in [-0.1, -0.05) is 11.6 Å². The Kier molecular flexibility index (Phi) is 4.56. The van der Waals surface area contributed by atoms with Gasteiger partial charge in [-0.2, -0.15) is 15.1 Å². The zero-order chi connectivity index (χ0) is 16.4. The lowest BCUT2D eigenvalue weighted by Crippen LogP contribution is -2.10. The van der Waals surface area contributed by atoms with E-state index in [2.05, 4.69) is 33.4 Å². The van der Waals surface area contributed by atoms with E-state index in [9.17, 15) is 0 Å². The molecule has 1 fully saturated rings. The zero-order valence-corrected chi connectivity index (χ0v) is 14.2. The summed E-state index contributed by atoms with van der Waals surface area (Å²) in [6, 6.07) is 2.29. The minimum absolute atomic E-state index is 0.185. The van der Waals surface area contributed by atoms with Gasteiger partial charge < -0.3 is 14.8 Å². The summed E-state index contributed by atoms with van der Waals surface area (Å²) >= 11 is 6.22. The summed E-state index contributed by atoms with van der Waals surface area (Å²) in [6.45, 7) is 3.32. The number of anilines is 1. The molecule has 0 atom stereocenters. The first-order valence-electron chi connectivity index (χ1n) is 7.62. The van der Waals surface area contributed by atoms with Gasteiger partial charge in [-0.3, -0.25) is 0 Å². The normalized spacial score (nSPS) is 13.9. The third-order valence-electron chi connectivity index (χ3n) is 3.81. The van der Waals surface area contributed by atoms with Crippen LogP contribution in [0.1, 0.15) is 36.9 Å². The van der Waals surface area contributed by atoms with Crippen molar-refractivity contribution in [3.8, 4) is 11.9 Å². The quantitative estimate of drug-likeness (QED) is 0.783. The Morgan fingerprint density at radius 2 is 2.09 bits per heavy atom. The molecule has 1 saturated carbocycles. The van der Waals surface area contributed by atoms with Gasteiger partial charge in [0, 0.05) is 25.1 Å². The number of aryl methyl sites for hydroxylation is 1. The van der Waals surface area contributed by atoms with Crippen LogP contribution in [-0.4, -0.2) is 34.0 Å². The maximum Gasteiger partial charge on any atom is 0.320 e. The van der Waals surface area contributed by atoms with Gasteiger partial charge in [0.15, 0.2) is 0 Å². The van der Waals surface area contributed by atoms with Gasteiger partial charge in [0.25, 0.3) is 0 Å². The van der Waals surface area contributed by atoms with Crippen LogP contribution in [0.5, 0.6) is 11.9 Å². The SMILES string of the molecule is CCn1nc(C2CC2)cc1NCc1c(Cl)nc(OC)nc1OC. The summed E-state index contributed by atoms with van der Waals surface area (Å²) in [5.41, 5.74) is 1.84. The molecular weight excluding hydrogens is 318 g/mol. The second-order valence-electron chi connectivity index (χ2n) is 5.39. The monoisotopic (exact) mass is 337 g/mol. The molecule has 124 valence electrons. The summed E-state index contributed by atoms with van der Waals surface area (Å²) in [4.78, 5) is 8.25. The largest absolute Gasteiger partial charge is 0.481 e. The van der Waals surface area contributed by atoms with Gasteiger partial charge in [0.1, 0.15) is 11.0 Å². The fourth-order valence-electron chi connectivity index (χ4n) is 2.41. The average Bonchev–Trinajstić information content (AvgIpc) is 3.33. The van der Waals surface area contributed by atoms with Gasteiger partial charge >= 0.3 is 6.01 Å². The van der Waals surface area contributed by atoms with E-state index in [1.807, 2.05) is 4.68 Å². The van der Waals surface area contributed by atoms with Gasteiger partial charge in [-0.15, -0.1) is 0 Å². The maximum absolute atomic E-state index is 6.22. The number of nitrogens with zero attached hydrogens (tertiary/aromatic N) is 4. The first-order chi connectivity index (χ1) is 11.2. The lowest BCUT2D eigenvalue weighted by Gasteiger charge is -2.12. The Labute approximate surface area is 140 Å². The molecule has 2 aromatic heterocycles. The van der Waals surface area contributed by atoms with Crippen molar-refractivity contribution in [1.82, 2.24) is 19.7 Å². The van der Waals surface area contributed by atoms with E-state index in [0.29, 0.717) is 29.1 Å². The van der Waals surface area contributed by atoms with E-state index in [1.165, 1.54) is 20.0 Å². The van der Waals surface area contributed by atoms with Crippen LogP contribution in [0.15, 0.2) is 6.07 Å². The van der Waals surface area contributed by atoms with Crippen LogP contribution in [0.2, 0.25) is 5.15 Å². The average molecular weight is 338 g/mol. The second kappa shape index (κ2) is 6.62. The first kappa shape index (κ1) is 15.9. The Bertz CT molecular complexity index is 699. The van der Waals surface area contributed by atoms with Crippen molar-refractivity contribution < 1.29 is 9.47 Å². The summed E-state index contributed by atoms with van der Waals surface area (Å²) in [5.74, 6) is 1.98. The number of nitrogens with one attached hydrogen (secondary N) is 1. The van der Waals surface area contributed by atoms with Crippen LogP contribution >= 0.6 is 11.6 Å². The molecule has 0 spiro atoms. The second-order valence-corrected chi connectivity index (χ2v) is 5.74. The molecule has 0 bridgehead atoms. The summed E-state index contributed by atoms with van der Waals surface area (Å²) in [5, 5.41) is 8.30. The third-order valence-corrected chi connectivity index (χ3v) is 4.13. The molecule has 7 nitrogen and oxygen atoms in total. The molecule has 1 N–H and O–H groups in total. The minimum atomic E-state index is 0.185. The van der Waals surface area contributed by atoms with Crippen LogP contribution in [0.25, 0.3) is 0 Å². The Morgan fingerprint density at radius 1 is 1.30 bits per heavy atom. The lowest BCUT2D eigenvalue weighted by molar-refractivity contribution is 0.349. The zero-order valence-electron chi connectivity index (χ0n) is 13.5. The number of halogens is 1. The topological polar surface area (TPSA) is 74.1 Å². The first-order valence-corrected chi connectivity index (χ1v) is 8.00. The van der Waals surface area contributed by atoms with Crippen molar-refractivity contribution in [1.29, 1.82) is 0 Å². The van der Waals surface area contributed by atoms with E-state index in [4.69, 9.17) is 21.1 Å². The van der Waals surface area contributed by atoms with E-state index in [0.717, 1.165) is 18.1 Å². The Morgan fingerprint density at radius 3 is 2.70 bits per heavy atom. The van der Waals surface area contributed by atoms with Crippen molar-refractivity contribution in [2.75, 3.05) is 19.5 Å². The van der Waals surface area contributed by atoms with E-state index < -0.39 is 0 Å². The maximum atomic E-state index is 6.22. The Hall–Kier alpha value is -2.02. The molecule has 0 aromatic carbocycles. The molecule has 0 unspecified atom stereocenters. The van der Waals surface area contributed by atoms with Crippen LogP contribution in [0.4, 0.5) is 5.82 Å². The molecule has 0 saturated heterocycles.